The zero-order valence-corrected chi connectivity index (χ0v) is 13.5. The SMILES string of the molecule is Nc1cccc(Sc2ccccc2Sc2ccccc2N)c1. The standard InChI is InChI=1S/C18H16N2S2/c19-13-6-5-7-14(12-13)21-17-10-3-4-11-18(17)22-16-9-2-1-8-15(16)20/h1-12H,19-20H2. The Morgan fingerprint density at radius 2 is 1.23 bits per heavy atom. The van der Waals surface area contributed by atoms with Crippen LogP contribution in [0.25, 0.3) is 0 Å². The van der Waals surface area contributed by atoms with Gasteiger partial charge in [-0.2, -0.15) is 0 Å². The van der Waals surface area contributed by atoms with Crippen molar-refractivity contribution in [3.8, 4) is 0 Å². The summed E-state index contributed by atoms with van der Waals surface area (Å²) >= 11 is 3.40. The van der Waals surface area contributed by atoms with E-state index in [0.29, 0.717) is 0 Å². The first-order valence-corrected chi connectivity index (χ1v) is 8.50. The van der Waals surface area contributed by atoms with Crippen molar-refractivity contribution >= 4 is 34.9 Å². The Bertz CT molecular complexity index is 787. The maximum Gasteiger partial charge on any atom is 0.0455 e. The molecule has 0 radical (unpaired) electrons. The second-order valence-corrected chi connectivity index (χ2v) is 6.96. The molecule has 0 saturated carbocycles. The molecule has 3 aromatic carbocycles. The molecule has 0 spiro atoms. The van der Waals surface area contributed by atoms with E-state index in [1.54, 1.807) is 23.5 Å². The van der Waals surface area contributed by atoms with Gasteiger partial charge in [0, 0.05) is 31.0 Å². The lowest BCUT2D eigenvalue weighted by atomic mass is 10.3. The fourth-order valence-electron chi connectivity index (χ4n) is 2.02. The normalized spacial score (nSPS) is 10.5. The molecule has 0 atom stereocenters. The van der Waals surface area contributed by atoms with E-state index in [0.717, 1.165) is 21.2 Å². The Hall–Kier alpha value is -2.04. The van der Waals surface area contributed by atoms with Crippen molar-refractivity contribution in [3.63, 3.8) is 0 Å². The summed E-state index contributed by atoms with van der Waals surface area (Å²) in [7, 11) is 0. The summed E-state index contributed by atoms with van der Waals surface area (Å²) in [4.78, 5) is 4.59. The van der Waals surface area contributed by atoms with Gasteiger partial charge in [-0.25, -0.2) is 0 Å². The second kappa shape index (κ2) is 6.81. The van der Waals surface area contributed by atoms with Gasteiger partial charge in [0.1, 0.15) is 0 Å². The molecule has 0 saturated heterocycles. The summed E-state index contributed by atoms with van der Waals surface area (Å²) in [6.07, 6.45) is 0. The maximum absolute atomic E-state index is 6.05. The molecule has 4 N–H and O–H groups in total. The van der Waals surface area contributed by atoms with Gasteiger partial charge in [-0.1, -0.05) is 53.9 Å². The predicted molar refractivity (Wildman–Crippen MR) is 96.4 cm³/mol. The summed E-state index contributed by atoms with van der Waals surface area (Å²) < 4.78 is 0. The van der Waals surface area contributed by atoms with E-state index in [4.69, 9.17) is 11.5 Å². The third-order valence-electron chi connectivity index (χ3n) is 3.07. The highest BCUT2D eigenvalue weighted by Crippen LogP contribution is 2.40. The van der Waals surface area contributed by atoms with Crippen LogP contribution in [0.4, 0.5) is 11.4 Å². The van der Waals surface area contributed by atoms with E-state index in [9.17, 15) is 0 Å². The zero-order chi connectivity index (χ0) is 15.4. The highest BCUT2D eigenvalue weighted by Gasteiger charge is 2.07. The molecule has 0 unspecified atom stereocenters. The van der Waals surface area contributed by atoms with Crippen molar-refractivity contribution in [1.82, 2.24) is 0 Å². The molecular weight excluding hydrogens is 308 g/mol. The van der Waals surface area contributed by atoms with Crippen LogP contribution in [0.2, 0.25) is 0 Å². The lowest BCUT2D eigenvalue weighted by molar-refractivity contribution is 1.23. The Labute approximate surface area is 138 Å². The highest BCUT2D eigenvalue weighted by molar-refractivity contribution is 8.02. The molecule has 0 amide bonds. The van der Waals surface area contributed by atoms with Crippen molar-refractivity contribution in [2.45, 2.75) is 19.6 Å². The average molecular weight is 324 g/mol. The first-order chi connectivity index (χ1) is 10.7. The van der Waals surface area contributed by atoms with Crippen LogP contribution in [0.1, 0.15) is 0 Å². The largest absolute Gasteiger partial charge is 0.399 e. The first kappa shape index (κ1) is 14.9. The Kier molecular flexibility index (Phi) is 4.61. The number of nitrogens with two attached hydrogens (primary N) is 2. The summed E-state index contributed by atoms with van der Waals surface area (Å²) in [5.74, 6) is 0. The van der Waals surface area contributed by atoms with Crippen molar-refractivity contribution in [2.24, 2.45) is 0 Å². The van der Waals surface area contributed by atoms with Crippen molar-refractivity contribution in [1.29, 1.82) is 0 Å². The van der Waals surface area contributed by atoms with Gasteiger partial charge < -0.3 is 11.5 Å². The van der Waals surface area contributed by atoms with Gasteiger partial charge in [-0.15, -0.1) is 0 Å². The minimum absolute atomic E-state index is 0.780. The number of rotatable bonds is 4. The lowest BCUT2D eigenvalue weighted by Crippen LogP contribution is -1.88. The number of nitrogen functional groups attached to an aromatic ring is 2. The van der Waals surface area contributed by atoms with Gasteiger partial charge in [0.2, 0.25) is 0 Å². The van der Waals surface area contributed by atoms with Crippen molar-refractivity contribution in [3.05, 3.63) is 72.8 Å². The van der Waals surface area contributed by atoms with E-state index in [-0.39, 0.29) is 0 Å². The zero-order valence-electron chi connectivity index (χ0n) is 11.9. The molecule has 2 nitrogen and oxygen atoms in total. The summed E-state index contributed by atoms with van der Waals surface area (Å²) in [6, 6.07) is 24.2. The smallest absolute Gasteiger partial charge is 0.0455 e. The molecule has 0 heterocycles. The van der Waals surface area contributed by atoms with Crippen molar-refractivity contribution in [2.75, 3.05) is 11.5 Å². The van der Waals surface area contributed by atoms with Gasteiger partial charge in [0.25, 0.3) is 0 Å². The number of para-hydroxylation sites is 1. The lowest BCUT2D eigenvalue weighted by Gasteiger charge is -2.10. The molecular formula is C18H16N2S2. The van der Waals surface area contributed by atoms with Crippen LogP contribution in [0, 0.1) is 0 Å². The monoisotopic (exact) mass is 324 g/mol. The molecule has 0 fully saturated rings. The van der Waals surface area contributed by atoms with Crippen LogP contribution >= 0.6 is 23.5 Å². The molecule has 3 rings (SSSR count). The fraction of sp³-hybridized carbons (Fsp3) is 0. The average Bonchev–Trinajstić information content (AvgIpc) is 2.51. The number of benzene rings is 3. The molecule has 4 heteroatoms. The number of anilines is 2. The molecule has 3 aromatic rings. The van der Waals surface area contributed by atoms with Gasteiger partial charge in [-0.05, 0) is 42.5 Å². The third-order valence-corrected chi connectivity index (χ3v) is 5.44. The minimum Gasteiger partial charge on any atom is -0.399 e. The molecule has 110 valence electrons. The third kappa shape index (κ3) is 3.59. The fourth-order valence-corrected chi connectivity index (χ4v) is 4.06. The van der Waals surface area contributed by atoms with E-state index in [1.165, 1.54) is 9.79 Å². The number of hydrogen-bond donors (Lipinski definition) is 2. The van der Waals surface area contributed by atoms with Crippen LogP contribution < -0.4 is 11.5 Å². The van der Waals surface area contributed by atoms with Crippen LogP contribution in [0.3, 0.4) is 0 Å². The molecule has 0 aliphatic heterocycles. The quantitative estimate of drug-likeness (QED) is 0.651. The van der Waals surface area contributed by atoms with Crippen LogP contribution in [-0.4, -0.2) is 0 Å². The summed E-state index contributed by atoms with van der Waals surface area (Å²) in [6.45, 7) is 0. The Balaban J connectivity index is 1.88. The van der Waals surface area contributed by atoms with E-state index in [1.807, 2.05) is 54.6 Å². The molecule has 0 bridgehead atoms. The molecule has 22 heavy (non-hydrogen) atoms. The van der Waals surface area contributed by atoms with Gasteiger partial charge in [-0.3, -0.25) is 0 Å². The highest BCUT2D eigenvalue weighted by atomic mass is 32.2. The van der Waals surface area contributed by atoms with Crippen LogP contribution in [-0.2, 0) is 0 Å². The van der Waals surface area contributed by atoms with Crippen molar-refractivity contribution < 1.29 is 0 Å². The number of hydrogen-bond acceptors (Lipinski definition) is 4. The Morgan fingerprint density at radius 1 is 0.591 bits per heavy atom. The van der Waals surface area contributed by atoms with Gasteiger partial charge >= 0.3 is 0 Å². The minimum atomic E-state index is 0.780. The topological polar surface area (TPSA) is 52.0 Å². The summed E-state index contributed by atoms with van der Waals surface area (Å²) in [5, 5.41) is 0. The molecule has 0 aliphatic carbocycles. The first-order valence-electron chi connectivity index (χ1n) is 6.87. The van der Waals surface area contributed by atoms with Crippen LogP contribution in [0.15, 0.2) is 92.4 Å². The molecule has 0 aromatic heterocycles. The Morgan fingerprint density at radius 3 is 1.91 bits per heavy atom. The predicted octanol–water partition coefficient (Wildman–Crippen LogP) is 5.15. The van der Waals surface area contributed by atoms with E-state index < -0.39 is 0 Å². The van der Waals surface area contributed by atoms with E-state index in [2.05, 4.69) is 18.2 Å². The van der Waals surface area contributed by atoms with E-state index >= 15 is 0 Å². The maximum atomic E-state index is 6.05. The molecule has 0 aliphatic rings. The van der Waals surface area contributed by atoms with Crippen LogP contribution in [0.5, 0.6) is 0 Å². The summed E-state index contributed by atoms with van der Waals surface area (Å²) in [5.41, 5.74) is 13.5. The van der Waals surface area contributed by atoms with Gasteiger partial charge in [0.05, 0.1) is 0 Å². The van der Waals surface area contributed by atoms with Gasteiger partial charge in [0.15, 0.2) is 0 Å². The second-order valence-electron chi connectivity index (χ2n) is 4.76.